The number of aryl methyl sites for hydroxylation is 1. The van der Waals surface area contributed by atoms with Crippen molar-refractivity contribution in [1.82, 2.24) is 19.9 Å². The van der Waals surface area contributed by atoms with Crippen LogP contribution in [-0.4, -0.2) is 39.1 Å². The normalized spacial score (nSPS) is 15.0. The van der Waals surface area contributed by atoms with Gasteiger partial charge in [0.05, 0.1) is 10.4 Å². The van der Waals surface area contributed by atoms with Gasteiger partial charge < -0.3 is 15.6 Å². The molecular weight excluding hydrogens is 324 g/mol. The van der Waals surface area contributed by atoms with E-state index in [1.54, 1.807) is 6.20 Å². The maximum Gasteiger partial charge on any atom is 0.144 e. The van der Waals surface area contributed by atoms with Gasteiger partial charge in [-0.05, 0) is 18.1 Å². The van der Waals surface area contributed by atoms with Crippen molar-refractivity contribution in [3.63, 3.8) is 0 Å². The molecule has 1 aliphatic rings. The highest BCUT2D eigenvalue weighted by atomic mass is 35.5. The van der Waals surface area contributed by atoms with Crippen LogP contribution in [0.2, 0.25) is 5.02 Å². The maximum absolute atomic E-state index is 6.56. The number of hydrogen-bond donors (Lipinski definition) is 2. The monoisotopic (exact) mass is 342 g/mol. The minimum absolute atomic E-state index is 0.195. The Balaban J connectivity index is 1.81. The molecule has 0 saturated carbocycles. The van der Waals surface area contributed by atoms with Gasteiger partial charge in [0.25, 0.3) is 0 Å². The van der Waals surface area contributed by atoms with E-state index in [0.717, 1.165) is 58.5 Å². The van der Waals surface area contributed by atoms with E-state index in [1.165, 1.54) is 0 Å². The molecule has 0 spiro atoms. The summed E-state index contributed by atoms with van der Waals surface area (Å²) in [5.74, 6) is 1.63. The Morgan fingerprint density at radius 1 is 1.38 bits per heavy atom. The number of halogens is 1. The van der Waals surface area contributed by atoms with E-state index in [9.17, 15) is 0 Å². The molecule has 3 aromatic heterocycles. The number of fused-ring (bicyclic) bond motifs is 1. The number of anilines is 1. The van der Waals surface area contributed by atoms with Crippen LogP contribution in [0.25, 0.3) is 11.0 Å². The van der Waals surface area contributed by atoms with E-state index < -0.39 is 0 Å². The lowest BCUT2D eigenvalue weighted by Crippen LogP contribution is -2.56. The number of nitrogens with zero attached hydrogens (tertiary/aromatic N) is 4. The molecule has 0 aromatic carbocycles. The van der Waals surface area contributed by atoms with Gasteiger partial charge in [0.1, 0.15) is 17.3 Å². The third-order valence-corrected chi connectivity index (χ3v) is 4.75. The summed E-state index contributed by atoms with van der Waals surface area (Å²) >= 11 is 6.56. The average molecular weight is 343 g/mol. The molecule has 7 heteroatoms. The minimum Gasteiger partial charge on any atom is -0.353 e. The van der Waals surface area contributed by atoms with E-state index in [4.69, 9.17) is 22.3 Å². The van der Waals surface area contributed by atoms with Crippen LogP contribution in [0.3, 0.4) is 0 Å². The Kier molecular flexibility index (Phi) is 3.86. The molecule has 4 heterocycles. The molecule has 0 bridgehead atoms. The third kappa shape index (κ3) is 2.61. The second-order valence-electron chi connectivity index (χ2n) is 6.16. The van der Waals surface area contributed by atoms with Crippen LogP contribution < -0.4 is 10.6 Å². The smallest absolute Gasteiger partial charge is 0.144 e. The SMILES string of the molecule is CCc1[nH]c2nc(Cc3cccnc3)nc(N3CC(N)C3)c2c1Cl. The highest BCUT2D eigenvalue weighted by Crippen LogP contribution is 2.35. The number of pyridine rings is 1. The van der Waals surface area contributed by atoms with Crippen LogP contribution in [0.5, 0.6) is 0 Å². The van der Waals surface area contributed by atoms with Crippen LogP contribution >= 0.6 is 11.6 Å². The molecule has 24 heavy (non-hydrogen) atoms. The fraction of sp³-hybridized carbons (Fsp3) is 0.353. The Morgan fingerprint density at radius 3 is 2.88 bits per heavy atom. The maximum atomic E-state index is 6.56. The second kappa shape index (κ2) is 6.03. The fourth-order valence-electron chi connectivity index (χ4n) is 3.06. The lowest BCUT2D eigenvalue weighted by atomic mass is 10.1. The highest BCUT2D eigenvalue weighted by Gasteiger charge is 2.28. The number of rotatable bonds is 4. The topological polar surface area (TPSA) is 83.7 Å². The number of nitrogens with two attached hydrogens (primary N) is 1. The molecule has 3 N–H and O–H groups in total. The predicted octanol–water partition coefficient (Wildman–Crippen LogP) is 2.31. The number of H-pyrrole nitrogens is 1. The summed E-state index contributed by atoms with van der Waals surface area (Å²) in [7, 11) is 0. The number of hydrogen-bond acceptors (Lipinski definition) is 5. The molecule has 1 fully saturated rings. The summed E-state index contributed by atoms with van der Waals surface area (Å²) in [4.78, 5) is 19.1. The molecule has 6 nitrogen and oxygen atoms in total. The van der Waals surface area contributed by atoms with Gasteiger partial charge >= 0.3 is 0 Å². The van der Waals surface area contributed by atoms with Crippen LogP contribution in [0, 0.1) is 0 Å². The standard InChI is InChI=1S/C17H19ClN6/c1-2-12-15(18)14-16(21-12)22-13(6-10-4-3-5-20-7-10)23-17(14)24-8-11(19)9-24/h3-5,7,11H,2,6,8-9,19H2,1H3,(H,21,22,23). The summed E-state index contributed by atoms with van der Waals surface area (Å²) in [6, 6.07) is 4.14. The lowest BCUT2D eigenvalue weighted by Gasteiger charge is -2.38. The molecule has 3 aromatic rings. The summed E-state index contributed by atoms with van der Waals surface area (Å²) in [6.07, 6.45) is 5.06. The predicted molar refractivity (Wildman–Crippen MR) is 95.5 cm³/mol. The van der Waals surface area contributed by atoms with Gasteiger partial charge in [-0.3, -0.25) is 4.98 Å². The van der Waals surface area contributed by atoms with Crippen molar-refractivity contribution in [1.29, 1.82) is 0 Å². The van der Waals surface area contributed by atoms with E-state index in [-0.39, 0.29) is 6.04 Å². The molecule has 0 amide bonds. The largest absolute Gasteiger partial charge is 0.353 e. The molecule has 4 rings (SSSR count). The Morgan fingerprint density at radius 2 is 2.21 bits per heavy atom. The van der Waals surface area contributed by atoms with Crippen molar-refractivity contribution in [2.75, 3.05) is 18.0 Å². The minimum atomic E-state index is 0.195. The summed E-state index contributed by atoms with van der Waals surface area (Å²) in [5, 5.41) is 1.62. The van der Waals surface area contributed by atoms with Crippen LogP contribution in [0.1, 0.15) is 24.0 Å². The van der Waals surface area contributed by atoms with Gasteiger partial charge in [0, 0.05) is 43.6 Å². The molecular formula is C17H19ClN6. The van der Waals surface area contributed by atoms with E-state index in [0.29, 0.717) is 6.42 Å². The third-order valence-electron chi connectivity index (χ3n) is 4.34. The first kappa shape index (κ1) is 15.4. The van der Waals surface area contributed by atoms with Crippen molar-refractivity contribution >= 4 is 28.5 Å². The Bertz CT molecular complexity index is 870. The van der Waals surface area contributed by atoms with Gasteiger partial charge in [0.15, 0.2) is 0 Å². The number of aromatic amines is 1. The number of nitrogens with one attached hydrogen (secondary N) is 1. The Labute approximate surface area is 145 Å². The highest BCUT2D eigenvalue weighted by molar-refractivity contribution is 6.37. The fourth-order valence-corrected chi connectivity index (χ4v) is 3.41. The van der Waals surface area contributed by atoms with Crippen LogP contribution in [-0.2, 0) is 12.8 Å². The molecule has 0 unspecified atom stereocenters. The van der Waals surface area contributed by atoms with Crippen molar-refractivity contribution in [3.05, 3.63) is 46.6 Å². The lowest BCUT2D eigenvalue weighted by molar-refractivity contribution is 0.515. The molecule has 0 radical (unpaired) electrons. The van der Waals surface area contributed by atoms with E-state index in [1.807, 2.05) is 18.3 Å². The summed E-state index contributed by atoms with van der Waals surface area (Å²) < 4.78 is 0. The van der Waals surface area contributed by atoms with Gasteiger partial charge in [-0.15, -0.1) is 0 Å². The van der Waals surface area contributed by atoms with Gasteiger partial charge in [-0.2, -0.15) is 0 Å². The van der Waals surface area contributed by atoms with E-state index >= 15 is 0 Å². The Hall–Kier alpha value is -2.18. The number of aromatic nitrogens is 4. The molecule has 124 valence electrons. The van der Waals surface area contributed by atoms with E-state index in [2.05, 4.69) is 26.8 Å². The zero-order chi connectivity index (χ0) is 16.7. The van der Waals surface area contributed by atoms with Crippen molar-refractivity contribution < 1.29 is 0 Å². The summed E-state index contributed by atoms with van der Waals surface area (Å²) in [6.45, 7) is 3.66. The molecule has 0 atom stereocenters. The van der Waals surface area contributed by atoms with Crippen LogP contribution in [0.15, 0.2) is 24.5 Å². The quantitative estimate of drug-likeness (QED) is 0.760. The van der Waals surface area contributed by atoms with Crippen molar-refractivity contribution in [2.24, 2.45) is 5.73 Å². The molecule has 1 saturated heterocycles. The zero-order valence-electron chi connectivity index (χ0n) is 13.5. The van der Waals surface area contributed by atoms with Crippen LogP contribution in [0.4, 0.5) is 5.82 Å². The van der Waals surface area contributed by atoms with Crippen molar-refractivity contribution in [3.8, 4) is 0 Å². The van der Waals surface area contributed by atoms with Gasteiger partial charge in [0.2, 0.25) is 0 Å². The van der Waals surface area contributed by atoms with Gasteiger partial charge in [-0.25, -0.2) is 9.97 Å². The van der Waals surface area contributed by atoms with Gasteiger partial charge in [-0.1, -0.05) is 24.6 Å². The first-order valence-electron chi connectivity index (χ1n) is 8.12. The average Bonchev–Trinajstić information content (AvgIpc) is 2.88. The van der Waals surface area contributed by atoms with Crippen molar-refractivity contribution in [2.45, 2.75) is 25.8 Å². The zero-order valence-corrected chi connectivity index (χ0v) is 14.2. The molecule has 1 aliphatic heterocycles. The summed E-state index contributed by atoms with van der Waals surface area (Å²) in [5.41, 5.74) is 8.81. The first-order valence-corrected chi connectivity index (χ1v) is 8.50. The molecule has 0 aliphatic carbocycles. The second-order valence-corrected chi connectivity index (χ2v) is 6.54. The first-order chi connectivity index (χ1) is 11.7.